The molecule has 1 aromatic carbocycles. The number of piperidine rings is 1. The summed E-state index contributed by atoms with van der Waals surface area (Å²) < 4.78 is 45.7. The predicted octanol–water partition coefficient (Wildman–Crippen LogP) is 1.50. The molecule has 4 nitrogen and oxygen atoms in total. The summed E-state index contributed by atoms with van der Waals surface area (Å²) in [6.45, 7) is 0.693. The van der Waals surface area contributed by atoms with Gasteiger partial charge in [0.15, 0.2) is 11.5 Å². The largest absolute Gasteiger partial charge is 0.493 e. The fourth-order valence-corrected chi connectivity index (χ4v) is 4.83. The molecule has 22 heavy (non-hydrogen) atoms. The molecule has 2 unspecified atom stereocenters. The number of likely N-dealkylation sites (tertiary alicyclic amines) is 1. The van der Waals surface area contributed by atoms with Crippen molar-refractivity contribution in [2.45, 2.75) is 36.4 Å². The molecular weight excluding hydrogens is 278 g/mol. The van der Waals surface area contributed by atoms with Gasteiger partial charge in [0.25, 0.3) is 0 Å². The minimum atomic E-state index is -1.64. The van der Waals surface area contributed by atoms with Crippen molar-refractivity contribution in [2.24, 2.45) is 5.92 Å². The van der Waals surface area contributed by atoms with Crippen LogP contribution >= 0.6 is 0 Å². The van der Waals surface area contributed by atoms with Crippen LogP contribution in [-0.4, -0.2) is 50.4 Å². The van der Waals surface area contributed by atoms with E-state index in [0.29, 0.717) is 30.0 Å². The molecule has 0 amide bonds. The zero-order chi connectivity index (χ0) is 18.5. The van der Waals surface area contributed by atoms with Crippen molar-refractivity contribution in [3.05, 3.63) is 35.4 Å². The topological polar surface area (TPSA) is 41.9 Å². The lowest BCUT2D eigenvalue weighted by atomic mass is 9.53. The van der Waals surface area contributed by atoms with E-state index >= 15 is 0 Å². The number of aliphatic hydroxyl groups is 1. The second-order valence-corrected chi connectivity index (χ2v) is 6.66. The van der Waals surface area contributed by atoms with E-state index in [1.165, 1.54) is 0 Å². The Labute approximate surface area is 136 Å². The van der Waals surface area contributed by atoms with Gasteiger partial charge < -0.3 is 19.5 Å². The molecule has 1 N–H and O–H groups in total. The summed E-state index contributed by atoms with van der Waals surface area (Å²) >= 11 is 0. The van der Waals surface area contributed by atoms with E-state index in [2.05, 4.69) is 4.90 Å². The summed E-state index contributed by atoms with van der Waals surface area (Å²) in [5.74, 6) is 0.881. The molecule has 1 spiro atoms. The van der Waals surface area contributed by atoms with Crippen LogP contribution in [0, 0.1) is 5.92 Å². The Morgan fingerprint density at radius 3 is 3.27 bits per heavy atom. The molecule has 0 aromatic heterocycles. The van der Waals surface area contributed by atoms with E-state index in [0.717, 1.165) is 5.56 Å². The lowest BCUT2D eigenvalue weighted by molar-refractivity contribution is -0.0453. The average Bonchev–Trinajstić information content (AvgIpc) is 2.97. The third-order valence-electron chi connectivity index (χ3n) is 5.83. The first kappa shape index (κ1) is 9.58. The summed E-state index contributed by atoms with van der Waals surface area (Å²) in [7, 11) is 3.51. The number of nitrogens with zero attached hydrogens (tertiary/aromatic N) is 1. The van der Waals surface area contributed by atoms with Gasteiger partial charge in [0.05, 0.1) is 8.48 Å². The fraction of sp³-hybridized carbons (Fsp3) is 0.556. The molecule has 5 atom stereocenters. The first-order valence-electron chi connectivity index (χ1n) is 9.64. The van der Waals surface area contributed by atoms with Crippen LogP contribution in [0.3, 0.4) is 0 Å². The molecule has 116 valence electrons. The zero-order valence-corrected chi connectivity index (χ0v) is 12.6. The number of methoxy groups -OCH3 is 1. The second kappa shape index (κ2) is 4.06. The van der Waals surface area contributed by atoms with Gasteiger partial charge in [0.1, 0.15) is 12.2 Å². The lowest BCUT2D eigenvalue weighted by Gasteiger charge is -2.56. The highest BCUT2D eigenvalue weighted by molar-refractivity contribution is 5.62. The van der Waals surface area contributed by atoms with Gasteiger partial charge in [-0.1, -0.05) is 18.2 Å². The number of likely N-dealkylation sites (N-methyl/N-ethyl adjacent to an activating group) is 1. The molecule has 5 rings (SSSR count). The van der Waals surface area contributed by atoms with Crippen molar-refractivity contribution < 1.29 is 18.7 Å². The van der Waals surface area contributed by atoms with E-state index in [4.69, 9.17) is 20.1 Å². The van der Waals surface area contributed by atoms with E-state index in [9.17, 15) is 0 Å². The Morgan fingerprint density at radius 2 is 2.45 bits per heavy atom. The normalized spacial score (nSPS) is 49.3. The van der Waals surface area contributed by atoms with Gasteiger partial charge in [0.2, 0.25) is 1.43 Å². The van der Waals surface area contributed by atoms with Crippen LogP contribution < -0.4 is 9.47 Å². The quantitative estimate of drug-likeness (QED) is 0.841. The van der Waals surface area contributed by atoms with Crippen LogP contribution in [0.5, 0.6) is 11.5 Å². The minimum Gasteiger partial charge on any atom is -0.493 e. The molecule has 1 fully saturated rings. The molecule has 1 saturated heterocycles. The molecule has 2 aliphatic heterocycles. The first-order valence-corrected chi connectivity index (χ1v) is 7.74. The number of hydrogen-bond donors (Lipinski definition) is 1. The average molecular weight is 303 g/mol. The van der Waals surface area contributed by atoms with Gasteiger partial charge >= 0.3 is 0 Å². The number of hydrogen-bond acceptors (Lipinski definition) is 4. The summed E-state index contributed by atoms with van der Waals surface area (Å²) in [5, 5.41) is 4.83. The maximum Gasteiger partial charge on any atom is 0.211 e. The van der Waals surface area contributed by atoms with Crippen molar-refractivity contribution in [3.63, 3.8) is 0 Å². The number of benzene rings is 1. The zero-order valence-electron chi connectivity index (χ0n) is 16.6. The van der Waals surface area contributed by atoms with Gasteiger partial charge in [-0.15, -0.1) is 0 Å². The molecule has 0 radical (unpaired) electrons. The smallest absolute Gasteiger partial charge is 0.211 e. The molecular formula is C18H21NO3. The fourth-order valence-electron chi connectivity index (χ4n) is 4.83. The standard InChI is InChI=1S/C18H21NO3/c1-19-8-7-18-11-4-5-13(20)17(18)22-16-14(21-2)6-3-10(15(16)18)9-12(11)19/h3-6,11-13,17,20H,7-9H2,1-2H3/t11-,12+,13?,17?,18-/m0/s1/i9D2,13D,20D. The Kier molecular flexibility index (Phi) is 1.77. The number of rotatable bonds is 2. The van der Waals surface area contributed by atoms with Crippen LogP contribution in [0.1, 0.15) is 21.7 Å². The molecule has 1 aromatic rings. The summed E-state index contributed by atoms with van der Waals surface area (Å²) in [6, 6.07) is 3.16. The van der Waals surface area contributed by atoms with Gasteiger partial charge in [-0.2, -0.15) is 0 Å². The molecule has 4 heteroatoms. The minimum absolute atomic E-state index is 0.157. The summed E-state index contributed by atoms with van der Waals surface area (Å²) in [5.41, 5.74) is 0.824. The monoisotopic (exact) mass is 303 g/mol. The van der Waals surface area contributed by atoms with Gasteiger partial charge in [-0.05, 0) is 38.0 Å². The van der Waals surface area contributed by atoms with E-state index < -0.39 is 24.0 Å². The SMILES string of the molecule is [2H]OC1([2H])C=C[C@H]2[C@@H]3N(C)CC[C@@]24c2c(ccc(OC)c2OC14)C3([2H])[2H]. The number of ether oxygens (including phenoxy) is 2. The summed E-state index contributed by atoms with van der Waals surface area (Å²) in [6.07, 6.45) is 0.234. The van der Waals surface area contributed by atoms with Crippen molar-refractivity contribution >= 4 is 0 Å². The van der Waals surface area contributed by atoms with Crippen LogP contribution in [0.2, 0.25) is 0 Å². The van der Waals surface area contributed by atoms with Crippen LogP contribution in [-0.2, 0) is 11.8 Å². The van der Waals surface area contributed by atoms with Gasteiger partial charge in [-0.25, -0.2) is 0 Å². The maximum atomic E-state index is 8.91. The Balaban J connectivity index is 1.88. The molecule has 4 aliphatic rings. The third-order valence-corrected chi connectivity index (χ3v) is 5.83. The highest BCUT2D eigenvalue weighted by atomic mass is 16.5. The van der Waals surface area contributed by atoms with Gasteiger partial charge in [-0.3, -0.25) is 0 Å². The molecule has 0 saturated carbocycles. The lowest BCUT2D eigenvalue weighted by Crippen LogP contribution is -2.64. The van der Waals surface area contributed by atoms with E-state index in [1.54, 1.807) is 25.3 Å². The Bertz CT molecular complexity index is 831. The molecule has 2 heterocycles. The van der Waals surface area contributed by atoms with Crippen molar-refractivity contribution in [1.29, 1.82) is 1.43 Å². The molecule has 2 bridgehead atoms. The van der Waals surface area contributed by atoms with Gasteiger partial charge in [0, 0.05) is 25.7 Å². The van der Waals surface area contributed by atoms with Crippen LogP contribution in [0.4, 0.5) is 0 Å². The Hall–Kier alpha value is -1.52. The van der Waals surface area contributed by atoms with E-state index in [-0.39, 0.29) is 12.0 Å². The Morgan fingerprint density at radius 1 is 1.55 bits per heavy atom. The maximum absolute atomic E-state index is 8.91. The predicted molar refractivity (Wildman–Crippen MR) is 82.5 cm³/mol. The van der Waals surface area contributed by atoms with Crippen molar-refractivity contribution in [3.8, 4) is 11.5 Å². The van der Waals surface area contributed by atoms with Crippen LogP contribution in [0.25, 0.3) is 0 Å². The molecule has 2 aliphatic carbocycles. The second-order valence-electron chi connectivity index (χ2n) is 6.66. The summed E-state index contributed by atoms with van der Waals surface area (Å²) in [4.78, 5) is 2.07. The first-order chi connectivity index (χ1) is 12.3. The van der Waals surface area contributed by atoms with Crippen molar-refractivity contribution in [1.82, 2.24) is 4.90 Å². The highest BCUT2D eigenvalue weighted by Crippen LogP contribution is 2.62. The van der Waals surface area contributed by atoms with E-state index in [1.807, 2.05) is 13.1 Å². The van der Waals surface area contributed by atoms with Crippen molar-refractivity contribution in [2.75, 3.05) is 20.7 Å². The third kappa shape index (κ3) is 1.28. The van der Waals surface area contributed by atoms with Crippen LogP contribution in [0.15, 0.2) is 24.3 Å². The highest BCUT2D eigenvalue weighted by Gasteiger charge is 2.64.